The number of amides is 1. The van der Waals surface area contributed by atoms with Crippen molar-refractivity contribution in [2.45, 2.75) is 66.3 Å². The smallest absolute Gasteiger partial charge is 0.511 e. The van der Waals surface area contributed by atoms with Crippen molar-refractivity contribution in [1.82, 2.24) is 4.90 Å². The minimum atomic E-state index is -1.63. The minimum absolute atomic E-state index is 0. The molecule has 0 saturated carbocycles. The third-order valence-electron chi connectivity index (χ3n) is 2.58. The molecular weight excluding hydrogens is 249 g/mol. The fourth-order valence-electron chi connectivity index (χ4n) is 1.75. The fourth-order valence-corrected chi connectivity index (χ4v) is 2.81. The van der Waals surface area contributed by atoms with E-state index in [4.69, 9.17) is 4.74 Å². The molecule has 0 aromatic carbocycles. The van der Waals surface area contributed by atoms with Crippen molar-refractivity contribution in [2.75, 3.05) is 0 Å². The summed E-state index contributed by atoms with van der Waals surface area (Å²) in [4.78, 5) is 14.0. The van der Waals surface area contributed by atoms with Crippen LogP contribution in [-0.2, 0) is 4.74 Å². The molecule has 0 bridgehead atoms. The quantitative estimate of drug-likeness (QED) is 0.559. The molecule has 0 aromatic rings. The van der Waals surface area contributed by atoms with Gasteiger partial charge < -0.3 is 9.64 Å². The van der Waals surface area contributed by atoms with Gasteiger partial charge in [-0.15, -0.1) is 6.92 Å². The van der Waals surface area contributed by atoms with Gasteiger partial charge in [0.05, 0.1) is 0 Å². The van der Waals surface area contributed by atoms with Gasteiger partial charge >= 0.3 is 25.0 Å². The number of nitrogens with zero attached hydrogens (tertiary/aromatic N) is 1. The normalized spacial score (nSPS) is 11.7. The fraction of sp³-hybridized carbons (Fsp3) is 0.714. The summed E-state index contributed by atoms with van der Waals surface area (Å²) in [5, 5.41) is 0. The van der Waals surface area contributed by atoms with Crippen LogP contribution in [-0.4, -0.2) is 31.2 Å². The van der Waals surface area contributed by atoms with Crippen LogP contribution in [0.2, 0.25) is 19.6 Å². The van der Waals surface area contributed by atoms with Crippen molar-refractivity contribution in [3.05, 3.63) is 17.9 Å². The van der Waals surface area contributed by atoms with Gasteiger partial charge in [-0.05, 0) is 27.7 Å². The second kappa shape index (κ2) is 8.78. The Morgan fingerprint density at radius 1 is 1.16 bits per heavy atom. The maximum atomic E-state index is 12.2. The Kier molecular flexibility index (Phi) is 9.71. The maximum Gasteiger partial charge on any atom is 1.00 e. The van der Waals surface area contributed by atoms with E-state index in [1.807, 2.05) is 46.8 Å². The molecule has 3 nitrogen and oxygen atoms in total. The van der Waals surface area contributed by atoms with E-state index < -0.39 is 8.07 Å². The molecule has 0 rings (SSSR count). The Balaban J connectivity index is 0. The van der Waals surface area contributed by atoms with Crippen molar-refractivity contribution in [1.29, 1.82) is 0 Å². The molecule has 0 unspecified atom stereocenters. The monoisotopic (exact) mass is 277 g/mol. The molecule has 0 spiro atoms. The molecule has 1 amide bonds. The van der Waals surface area contributed by atoms with Gasteiger partial charge in [0.15, 0.2) is 0 Å². The number of hydrogen-bond acceptors (Lipinski definition) is 2. The van der Waals surface area contributed by atoms with E-state index in [9.17, 15) is 4.79 Å². The second-order valence-electron chi connectivity index (χ2n) is 6.08. The zero-order valence-electron chi connectivity index (χ0n) is 14.1. The summed E-state index contributed by atoms with van der Waals surface area (Å²) in [6.07, 6.45) is 3.61. The summed E-state index contributed by atoms with van der Waals surface area (Å²) in [5.41, 5.74) is 0.835. The van der Waals surface area contributed by atoms with Gasteiger partial charge in [-0.3, -0.25) is 0 Å². The van der Waals surface area contributed by atoms with E-state index in [2.05, 4.69) is 19.6 Å². The molecule has 0 saturated heterocycles. The minimum Gasteiger partial charge on any atom is -0.511 e. The van der Waals surface area contributed by atoms with Crippen LogP contribution in [0.5, 0.6) is 0 Å². The summed E-state index contributed by atoms with van der Waals surface area (Å²) >= 11 is 0. The van der Waals surface area contributed by atoms with Crippen LogP contribution in [0.1, 0.15) is 34.6 Å². The van der Waals surface area contributed by atoms with Crippen molar-refractivity contribution in [2.24, 2.45) is 0 Å². The molecule has 0 N–H and O–H groups in total. The number of carbonyl (C=O) groups excluding carboxylic acids is 1. The average molecular weight is 277 g/mol. The number of ether oxygens (including phenoxy) is 1. The number of rotatable bonds is 5. The first-order valence-electron chi connectivity index (χ1n) is 6.61. The standard InChI is InChI=1S/C14H28NO2Si.Li/c1-9-10-13(18(6,7)8)17-14(16)15(11(2)3)12(4)5;/h9-12H,1-8H3;/q-1;+1/b10-9+;. The Bertz CT molecular complexity index is 290. The van der Waals surface area contributed by atoms with Crippen molar-refractivity contribution in [3.63, 3.8) is 0 Å². The molecule has 0 aromatic heterocycles. The summed E-state index contributed by atoms with van der Waals surface area (Å²) < 4.78 is 5.62. The molecule has 0 aliphatic rings. The molecule has 19 heavy (non-hydrogen) atoms. The molecular formula is C14H28LiNO2Si. The van der Waals surface area contributed by atoms with E-state index in [-0.39, 0.29) is 37.0 Å². The van der Waals surface area contributed by atoms with Crippen molar-refractivity contribution in [3.8, 4) is 0 Å². The molecule has 0 aliphatic carbocycles. The molecule has 0 fully saturated rings. The van der Waals surface area contributed by atoms with Crippen LogP contribution in [0.4, 0.5) is 4.79 Å². The first kappa shape index (κ1) is 21.0. The van der Waals surface area contributed by atoms with E-state index in [0.717, 1.165) is 5.73 Å². The largest absolute Gasteiger partial charge is 1.00 e. The van der Waals surface area contributed by atoms with Crippen molar-refractivity contribution < 1.29 is 28.4 Å². The molecule has 0 atom stereocenters. The Labute approximate surface area is 132 Å². The number of allylic oxidation sites excluding steroid dienone is 1. The Morgan fingerprint density at radius 2 is 1.58 bits per heavy atom. The number of carbonyl (C=O) groups is 1. The van der Waals surface area contributed by atoms with E-state index in [1.165, 1.54) is 0 Å². The Morgan fingerprint density at radius 3 is 1.84 bits per heavy atom. The van der Waals surface area contributed by atoms with Crippen LogP contribution >= 0.6 is 0 Å². The van der Waals surface area contributed by atoms with E-state index >= 15 is 0 Å². The zero-order valence-corrected chi connectivity index (χ0v) is 15.1. The van der Waals surface area contributed by atoms with E-state index in [0.29, 0.717) is 0 Å². The predicted molar refractivity (Wildman–Crippen MR) is 80.0 cm³/mol. The van der Waals surface area contributed by atoms with Crippen LogP contribution in [0.25, 0.3) is 0 Å². The summed E-state index contributed by atoms with van der Waals surface area (Å²) in [6, 6.07) is 0.289. The SMILES string of the molecule is C/C=C/[C-](OC(=O)N(C(C)C)C(C)C)[Si](C)(C)C.[Li+]. The predicted octanol–water partition coefficient (Wildman–Crippen LogP) is 1.23. The maximum absolute atomic E-state index is 12.2. The Hall–Kier alpha value is -0.306. The van der Waals surface area contributed by atoms with Crippen LogP contribution in [0, 0.1) is 5.73 Å². The molecule has 0 radical (unpaired) electrons. The summed E-state index contributed by atoms with van der Waals surface area (Å²) in [5.74, 6) is 0. The van der Waals surface area contributed by atoms with Gasteiger partial charge in [0, 0.05) is 20.2 Å². The van der Waals surface area contributed by atoms with Gasteiger partial charge in [0.2, 0.25) is 0 Å². The van der Waals surface area contributed by atoms with Gasteiger partial charge in [-0.1, -0.05) is 25.4 Å². The summed E-state index contributed by atoms with van der Waals surface area (Å²) in [7, 11) is -1.63. The topological polar surface area (TPSA) is 29.5 Å². The van der Waals surface area contributed by atoms with Gasteiger partial charge in [0.25, 0.3) is 0 Å². The molecule has 5 heteroatoms. The second-order valence-corrected chi connectivity index (χ2v) is 11.1. The first-order chi connectivity index (χ1) is 8.11. The van der Waals surface area contributed by atoms with E-state index in [1.54, 1.807) is 4.90 Å². The molecule has 0 heterocycles. The molecule has 106 valence electrons. The third-order valence-corrected chi connectivity index (χ3v) is 4.33. The van der Waals surface area contributed by atoms with Crippen LogP contribution in [0.3, 0.4) is 0 Å². The van der Waals surface area contributed by atoms with Crippen molar-refractivity contribution >= 4 is 14.2 Å². The van der Waals surface area contributed by atoms with Gasteiger partial charge in [-0.2, -0.15) is 6.08 Å². The summed E-state index contributed by atoms with van der Waals surface area (Å²) in [6.45, 7) is 16.5. The van der Waals surface area contributed by atoms with Crippen LogP contribution in [0.15, 0.2) is 12.2 Å². The van der Waals surface area contributed by atoms with Gasteiger partial charge in [-0.25, -0.2) is 10.9 Å². The zero-order chi connectivity index (χ0) is 14.5. The third kappa shape index (κ3) is 7.15. The van der Waals surface area contributed by atoms with Crippen LogP contribution < -0.4 is 18.9 Å². The number of hydrogen-bond donors (Lipinski definition) is 0. The molecule has 0 aliphatic heterocycles. The first-order valence-corrected chi connectivity index (χ1v) is 10.1. The van der Waals surface area contributed by atoms with Gasteiger partial charge in [0.1, 0.15) is 0 Å². The average Bonchev–Trinajstić information content (AvgIpc) is 2.13.